The van der Waals surface area contributed by atoms with E-state index in [1.165, 1.54) is 31.2 Å². The second-order valence-corrected chi connectivity index (χ2v) is 8.50. The van der Waals surface area contributed by atoms with E-state index in [9.17, 15) is 0 Å². The van der Waals surface area contributed by atoms with E-state index in [1.807, 2.05) is 12.1 Å². The van der Waals surface area contributed by atoms with E-state index >= 15 is 0 Å². The first kappa shape index (κ1) is 23.8. The van der Waals surface area contributed by atoms with Crippen molar-refractivity contribution in [1.82, 2.24) is 20.4 Å². The Morgan fingerprint density at radius 1 is 1.19 bits per heavy atom. The van der Waals surface area contributed by atoms with Crippen LogP contribution < -0.4 is 15.4 Å². The van der Waals surface area contributed by atoms with Crippen LogP contribution in [0.2, 0.25) is 0 Å². The Hall–Kier alpha value is -1.83. The fraction of sp³-hybridized carbons (Fsp3) is 0.708. The van der Waals surface area contributed by atoms with Crippen LogP contribution in [0, 0.1) is 0 Å². The van der Waals surface area contributed by atoms with E-state index in [0.717, 1.165) is 63.7 Å². The maximum Gasteiger partial charge on any atom is 0.191 e. The van der Waals surface area contributed by atoms with Gasteiger partial charge < -0.3 is 25.0 Å². The highest BCUT2D eigenvalue weighted by Gasteiger charge is 2.23. The van der Waals surface area contributed by atoms with Gasteiger partial charge in [0.2, 0.25) is 0 Å². The van der Waals surface area contributed by atoms with Crippen molar-refractivity contribution in [2.45, 2.75) is 44.7 Å². The van der Waals surface area contributed by atoms with Gasteiger partial charge in [0.15, 0.2) is 5.96 Å². The molecule has 2 N–H and O–H groups in total. The van der Waals surface area contributed by atoms with Crippen molar-refractivity contribution < 1.29 is 9.47 Å². The summed E-state index contributed by atoms with van der Waals surface area (Å²) in [5.41, 5.74) is 1.27. The molecule has 1 saturated heterocycles. The molecule has 3 rings (SSSR count). The first-order chi connectivity index (χ1) is 15.2. The fourth-order valence-corrected chi connectivity index (χ4v) is 4.54. The molecule has 1 aliphatic heterocycles. The van der Waals surface area contributed by atoms with E-state index in [0.29, 0.717) is 6.54 Å². The number of benzene rings is 1. The Morgan fingerprint density at radius 2 is 1.90 bits per heavy atom. The number of guanidine groups is 1. The van der Waals surface area contributed by atoms with Crippen LogP contribution in [0.5, 0.6) is 5.75 Å². The zero-order valence-corrected chi connectivity index (χ0v) is 19.6. The molecule has 0 aromatic heterocycles. The summed E-state index contributed by atoms with van der Waals surface area (Å²) in [5, 5.41) is 6.95. The van der Waals surface area contributed by atoms with E-state index in [-0.39, 0.29) is 6.04 Å². The summed E-state index contributed by atoms with van der Waals surface area (Å²) in [4.78, 5) is 9.94. The highest BCUT2D eigenvalue weighted by molar-refractivity contribution is 5.79. The van der Waals surface area contributed by atoms with Crippen molar-refractivity contribution in [3.8, 4) is 5.75 Å². The molecule has 31 heavy (non-hydrogen) atoms. The maximum atomic E-state index is 5.58. The minimum absolute atomic E-state index is 0.228. The Morgan fingerprint density at radius 3 is 2.55 bits per heavy atom. The molecule has 1 heterocycles. The van der Waals surface area contributed by atoms with Gasteiger partial charge in [0.1, 0.15) is 5.75 Å². The molecule has 1 atom stereocenters. The highest BCUT2D eigenvalue weighted by atomic mass is 16.5. The van der Waals surface area contributed by atoms with Gasteiger partial charge >= 0.3 is 0 Å². The topological polar surface area (TPSA) is 61.4 Å². The minimum atomic E-state index is 0.228. The molecule has 1 aromatic rings. The van der Waals surface area contributed by atoms with E-state index < -0.39 is 0 Å². The quantitative estimate of drug-likeness (QED) is 0.438. The SMILES string of the molecule is CCNC(=NCC(c1ccc(OC)cc1)N1CCOCC1)NCCN(C)C1CCCC1. The molecule has 1 saturated carbocycles. The van der Waals surface area contributed by atoms with Crippen LogP contribution in [0.3, 0.4) is 0 Å². The molecule has 0 radical (unpaired) electrons. The lowest BCUT2D eigenvalue weighted by Crippen LogP contribution is -2.44. The number of hydrogen-bond donors (Lipinski definition) is 2. The Balaban J connectivity index is 1.61. The number of rotatable bonds is 10. The lowest BCUT2D eigenvalue weighted by atomic mass is 10.0. The lowest BCUT2D eigenvalue weighted by molar-refractivity contribution is 0.0179. The van der Waals surface area contributed by atoms with Crippen molar-refractivity contribution in [2.24, 2.45) is 4.99 Å². The summed E-state index contributed by atoms with van der Waals surface area (Å²) in [6.45, 7) is 9.05. The number of nitrogens with one attached hydrogen (secondary N) is 2. The van der Waals surface area contributed by atoms with Gasteiger partial charge in [0.05, 0.1) is 32.9 Å². The van der Waals surface area contributed by atoms with Crippen LogP contribution in [0.15, 0.2) is 29.3 Å². The van der Waals surface area contributed by atoms with Crippen LogP contribution in [0.1, 0.15) is 44.2 Å². The molecule has 0 spiro atoms. The van der Waals surface area contributed by atoms with Gasteiger partial charge in [-0.2, -0.15) is 0 Å². The van der Waals surface area contributed by atoms with Crippen molar-refractivity contribution >= 4 is 5.96 Å². The van der Waals surface area contributed by atoms with Crippen LogP contribution in [0.25, 0.3) is 0 Å². The smallest absolute Gasteiger partial charge is 0.191 e. The summed E-state index contributed by atoms with van der Waals surface area (Å²) in [6.07, 6.45) is 5.43. The number of morpholine rings is 1. The third-order valence-corrected chi connectivity index (χ3v) is 6.46. The maximum absolute atomic E-state index is 5.58. The average molecular weight is 432 g/mol. The molecule has 7 nitrogen and oxygen atoms in total. The molecular formula is C24H41N5O2. The monoisotopic (exact) mass is 431 g/mol. The molecule has 2 aliphatic rings. The van der Waals surface area contributed by atoms with E-state index in [1.54, 1.807) is 7.11 Å². The van der Waals surface area contributed by atoms with Gasteiger partial charge in [-0.1, -0.05) is 25.0 Å². The third kappa shape index (κ3) is 7.37. The van der Waals surface area contributed by atoms with Gasteiger partial charge in [0, 0.05) is 38.8 Å². The standard InChI is InChI=1S/C24H41N5O2/c1-4-25-24(26-13-14-28(2)21-7-5-6-8-21)27-19-23(29-15-17-31-18-16-29)20-9-11-22(30-3)12-10-20/h9-12,21,23H,4-8,13-19H2,1-3H3,(H2,25,26,27). The first-order valence-corrected chi connectivity index (χ1v) is 11.9. The van der Waals surface area contributed by atoms with Gasteiger partial charge in [-0.15, -0.1) is 0 Å². The zero-order chi connectivity index (χ0) is 21.9. The molecule has 7 heteroatoms. The van der Waals surface area contributed by atoms with Gasteiger partial charge in [-0.3, -0.25) is 9.89 Å². The summed E-state index contributed by atoms with van der Waals surface area (Å²) in [7, 11) is 3.96. The molecular weight excluding hydrogens is 390 g/mol. The minimum Gasteiger partial charge on any atom is -0.497 e. The number of methoxy groups -OCH3 is 1. The van der Waals surface area contributed by atoms with Crippen LogP contribution in [-0.4, -0.2) is 88.4 Å². The van der Waals surface area contributed by atoms with Gasteiger partial charge in [0.25, 0.3) is 0 Å². The molecule has 1 aromatic carbocycles. The molecule has 0 amide bonds. The summed E-state index contributed by atoms with van der Waals surface area (Å²) in [6, 6.07) is 9.37. The van der Waals surface area contributed by atoms with Crippen molar-refractivity contribution in [2.75, 3.05) is 66.6 Å². The number of aliphatic imine (C=N–C) groups is 1. The average Bonchev–Trinajstić information content (AvgIpc) is 3.35. The second-order valence-electron chi connectivity index (χ2n) is 8.50. The summed E-state index contributed by atoms with van der Waals surface area (Å²) >= 11 is 0. The van der Waals surface area contributed by atoms with Crippen molar-refractivity contribution in [3.05, 3.63) is 29.8 Å². The van der Waals surface area contributed by atoms with Gasteiger partial charge in [-0.05, 0) is 44.5 Å². The van der Waals surface area contributed by atoms with Crippen LogP contribution in [-0.2, 0) is 4.74 Å². The Kier molecular flexibility index (Phi) is 9.90. The lowest BCUT2D eigenvalue weighted by Gasteiger charge is -2.34. The number of likely N-dealkylation sites (N-methyl/N-ethyl adjacent to an activating group) is 1. The van der Waals surface area contributed by atoms with Crippen molar-refractivity contribution in [3.63, 3.8) is 0 Å². The molecule has 1 unspecified atom stereocenters. The van der Waals surface area contributed by atoms with Crippen LogP contribution >= 0.6 is 0 Å². The molecule has 0 bridgehead atoms. The van der Waals surface area contributed by atoms with E-state index in [4.69, 9.17) is 14.5 Å². The number of nitrogens with zero attached hydrogens (tertiary/aromatic N) is 3. The second kappa shape index (κ2) is 12.9. The predicted octanol–water partition coefficient (Wildman–Crippen LogP) is 2.50. The largest absolute Gasteiger partial charge is 0.497 e. The van der Waals surface area contributed by atoms with Gasteiger partial charge in [-0.25, -0.2) is 0 Å². The summed E-state index contributed by atoms with van der Waals surface area (Å²) in [5.74, 6) is 1.78. The number of ether oxygens (including phenoxy) is 2. The van der Waals surface area contributed by atoms with Crippen LogP contribution in [0.4, 0.5) is 0 Å². The molecule has 174 valence electrons. The normalized spacial score (nSPS) is 19.5. The zero-order valence-electron chi connectivity index (χ0n) is 19.6. The fourth-order valence-electron chi connectivity index (χ4n) is 4.54. The van der Waals surface area contributed by atoms with Crippen molar-refractivity contribution in [1.29, 1.82) is 0 Å². The predicted molar refractivity (Wildman–Crippen MR) is 127 cm³/mol. The molecule has 2 fully saturated rings. The Labute approximate surface area is 188 Å². The number of hydrogen-bond acceptors (Lipinski definition) is 5. The summed E-state index contributed by atoms with van der Waals surface area (Å²) < 4.78 is 10.9. The highest BCUT2D eigenvalue weighted by Crippen LogP contribution is 2.25. The third-order valence-electron chi connectivity index (χ3n) is 6.46. The molecule has 1 aliphatic carbocycles. The Bertz CT molecular complexity index is 654. The van der Waals surface area contributed by atoms with E-state index in [2.05, 4.69) is 46.5 Å². The first-order valence-electron chi connectivity index (χ1n) is 11.9.